The SMILES string of the molecule is CNC(=O)C1(C)CCN(C(=O)C2CC(C)CCN2)C1. The minimum Gasteiger partial charge on any atom is -0.359 e. The third-order valence-electron chi connectivity index (χ3n) is 4.52. The molecular weight excluding hydrogens is 242 g/mol. The fraction of sp³-hybridized carbons (Fsp3) is 0.857. The van der Waals surface area contributed by atoms with Gasteiger partial charge in [0.25, 0.3) is 0 Å². The van der Waals surface area contributed by atoms with Crippen LogP contribution < -0.4 is 10.6 Å². The molecule has 0 aliphatic carbocycles. The molecule has 2 saturated heterocycles. The summed E-state index contributed by atoms with van der Waals surface area (Å²) < 4.78 is 0. The summed E-state index contributed by atoms with van der Waals surface area (Å²) in [5, 5.41) is 6.01. The Morgan fingerprint density at radius 3 is 2.79 bits per heavy atom. The maximum absolute atomic E-state index is 12.5. The molecule has 2 rings (SSSR count). The first kappa shape index (κ1) is 14.3. The summed E-state index contributed by atoms with van der Waals surface area (Å²) in [4.78, 5) is 26.2. The number of nitrogens with zero attached hydrogens (tertiary/aromatic N) is 1. The predicted molar refractivity (Wildman–Crippen MR) is 73.6 cm³/mol. The average Bonchev–Trinajstić information content (AvgIpc) is 2.81. The lowest BCUT2D eigenvalue weighted by molar-refractivity contribution is -0.134. The predicted octanol–water partition coefficient (Wildman–Crippen LogP) is 0.359. The van der Waals surface area contributed by atoms with Gasteiger partial charge in [0.05, 0.1) is 11.5 Å². The molecule has 2 aliphatic heterocycles. The molecule has 0 bridgehead atoms. The van der Waals surface area contributed by atoms with Gasteiger partial charge < -0.3 is 15.5 Å². The zero-order valence-electron chi connectivity index (χ0n) is 12.2. The van der Waals surface area contributed by atoms with Crippen LogP contribution in [0, 0.1) is 11.3 Å². The Bertz CT molecular complexity index is 372. The first-order valence-corrected chi connectivity index (χ1v) is 7.20. The molecule has 3 unspecified atom stereocenters. The van der Waals surface area contributed by atoms with Crippen molar-refractivity contribution in [2.24, 2.45) is 11.3 Å². The quantitative estimate of drug-likeness (QED) is 0.759. The zero-order chi connectivity index (χ0) is 14.0. The third kappa shape index (κ3) is 2.91. The van der Waals surface area contributed by atoms with Gasteiger partial charge in [0.2, 0.25) is 11.8 Å². The molecule has 0 aromatic heterocycles. The lowest BCUT2D eigenvalue weighted by atomic mass is 9.89. The second-order valence-corrected chi connectivity index (χ2v) is 6.29. The number of piperidine rings is 1. The molecule has 0 aromatic rings. The Balaban J connectivity index is 1.96. The molecule has 2 fully saturated rings. The zero-order valence-corrected chi connectivity index (χ0v) is 12.2. The van der Waals surface area contributed by atoms with E-state index in [0.717, 1.165) is 25.8 Å². The fourth-order valence-electron chi connectivity index (χ4n) is 3.15. The first-order chi connectivity index (χ1) is 8.96. The van der Waals surface area contributed by atoms with Crippen molar-refractivity contribution < 1.29 is 9.59 Å². The molecule has 3 atom stereocenters. The minimum atomic E-state index is -0.426. The molecule has 2 heterocycles. The number of rotatable bonds is 2. The topological polar surface area (TPSA) is 61.4 Å². The highest BCUT2D eigenvalue weighted by atomic mass is 16.2. The van der Waals surface area contributed by atoms with Gasteiger partial charge in [-0.3, -0.25) is 9.59 Å². The second-order valence-electron chi connectivity index (χ2n) is 6.29. The van der Waals surface area contributed by atoms with E-state index in [1.54, 1.807) is 7.05 Å². The molecule has 0 spiro atoms. The van der Waals surface area contributed by atoms with Crippen molar-refractivity contribution >= 4 is 11.8 Å². The largest absolute Gasteiger partial charge is 0.359 e. The van der Waals surface area contributed by atoms with Crippen LogP contribution in [0.25, 0.3) is 0 Å². The Morgan fingerprint density at radius 1 is 1.42 bits per heavy atom. The molecule has 0 aromatic carbocycles. The van der Waals surface area contributed by atoms with Crippen molar-refractivity contribution in [3.05, 3.63) is 0 Å². The third-order valence-corrected chi connectivity index (χ3v) is 4.52. The normalized spacial score (nSPS) is 35.2. The number of carbonyl (C=O) groups is 2. The van der Waals surface area contributed by atoms with Crippen molar-refractivity contribution in [3.63, 3.8) is 0 Å². The maximum atomic E-state index is 12.5. The van der Waals surface area contributed by atoms with Crippen LogP contribution in [-0.4, -0.2) is 49.4 Å². The van der Waals surface area contributed by atoms with E-state index < -0.39 is 5.41 Å². The van der Waals surface area contributed by atoms with Crippen LogP contribution in [0.5, 0.6) is 0 Å². The highest BCUT2D eigenvalue weighted by Crippen LogP contribution is 2.31. The van der Waals surface area contributed by atoms with E-state index in [4.69, 9.17) is 0 Å². The van der Waals surface area contributed by atoms with Crippen LogP contribution in [-0.2, 0) is 9.59 Å². The number of likely N-dealkylation sites (tertiary alicyclic amines) is 1. The van der Waals surface area contributed by atoms with Crippen LogP contribution >= 0.6 is 0 Å². The monoisotopic (exact) mass is 267 g/mol. The molecule has 19 heavy (non-hydrogen) atoms. The van der Waals surface area contributed by atoms with E-state index >= 15 is 0 Å². The lowest BCUT2D eigenvalue weighted by Gasteiger charge is -2.31. The molecule has 0 saturated carbocycles. The van der Waals surface area contributed by atoms with Crippen LogP contribution in [0.1, 0.15) is 33.1 Å². The molecule has 5 nitrogen and oxygen atoms in total. The van der Waals surface area contributed by atoms with Crippen molar-refractivity contribution in [3.8, 4) is 0 Å². The molecule has 2 aliphatic rings. The number of hydrogen-bond donors (Lipinski definition) is 2. The van der Waals surface area contributed by atoms with Gasteiger partial charge in [-0.25, -0.2) is 0 Å². The van der Waals surface area contributed by atoms with E-state index in [1.165, 1.54) is 0 Å². The molecular formula is C14H25N3O2. The molecule has 2 N–H and O–H groups in total. The van der Waals surface area contributed by atoms with Crippen LogP contribution in [0.3, 0.4) is 0 Å². The summed E-state index contributed by atoms with van der Waals surface area (Å²) in [6, 6.07) is -0.0595. The van der Waals surface area contributed by atoms with E-state index in [0.29, 0.717) is 19.0 Å². The van der Waals surface area contributed by atoms with E-state index in [1.807, 2.05) is 11.8 Å². The number of carbonyl (C=O) groups excluding carboxylic acids is 2. The van der Waals surface area contributed by atoms with E-state index in [-0.39, 0.29) is 17.9 Å². The van der Waals surface area contributed by atoms with E-state index in [9.17, 15) is 9.59 Å². The maximum Gasteiger partial charge on any atom is 0.239 e. The standard InChI is InChI=1S/C14H25N3O2/c1-10-4-6-16-11(8-10)12(18)17-7-5-14(2,9-17)13(19)15-3/h10-11,16H,4-9H2,1-3H3,(H,15,19). The van der Waals surface area contributed by atoms with Crippen molar-refractivity contribution in [1.82, 2.24) is 15.5 Å². The fourth-order valence-corrected chi connectivity index (χ4v) is 3.15. The van der Waals surface area contributed by atoms with Gasteiger partial charge in [0.15, 0.2) is 0 Å². The highest BCUT2D eigenvalue weighted by Gasteiger charge is 2.43. The second kappa shape index (κ2) is 5.49. The lowest BCUT2D eigenvalue weighted by Crippen LogP contribution is -2.50. The Labute approximate surface area is 115 Å². The van der Waals surface area contributed by atoms with Crippen LogP contribution in [0.15, 0.2) is 0 Å². The summed E-state index contributed by atoms with van der Waals surface area (Å²) in [5.41, 5.74) is -0.426. The number of nitrogens with one attached hydrogen (secondary N) is 2. The van der Waals surface area contributed by atoms with Gasteiger partial charge in [0.1, 0.15) is 0 Å². The summed E-state index contributed by atoms with van der Waals surface area (Å²) in [5.74, 6) is 0.801. The van der Waals surface area contributed by atoms with Gasteiger partial charge in [-0.15, -0.1) is 0 Å². The van der Waals surface area contributed by atoms with E-state index in [2.05, 4.69) is 17.6 Å². The molecule has 108 valence electrons. The van der Waals surface area contributed by atoms with Crippen LogP contribution in [0.2, 0.25) is 0 Å². The van der Waals surface area contributed by atoms with Gasteiger partial charge in [-0.1, -0.05) is 6.92 Å². The molecule has 0 radical (unpaired) electrons. The first-order valence-electron chi connectivity index (χ1n) is 7.20. The van der Waals surface area contributed by atoms with Crippen LogP contribution in [0.4, 0.5) is 0 Å². The summed E-state index contributed by atoms with van der Waals surface area (Å²) in [6.07, 6.45) is 2.80. The van der Waals surface area contributed by atoms with Crippen molar-refractivity contribution in [2.45, 2.75) is 39.2 Å². The smallest absolute Gasteiger partial charge is 0.239 e. The Kier molecular flexibility index (Phi) is 4.13. The number of amides is 2. The summed E-state index contributed by atoms with van der Waals surface area (Å²) >= 11 is 0. The van der Waals surface area contributed by atoms with Crippen molar-refractivity contribution in [2.75, 3.05) is 26.7 Å². The molecule has 2 amide bonds. The average molecular weight is 267 g/mol. The van der Waals surface area contributed by atoms with Crippen molar-refractivity contribution in [1.29, 1.82) is 0 Å². The summed E-state index contributed by atoms with van der Waals surface area (Å²) in [6.45, 7) is 6.28. The van der Waals surface area contributed by atoms with Gasteiger partial charge in [-0.05, 0) is 38.6 Å². The molecule has 5 heteroatoms. The minimum absolute atomic E-state index is 0.0350. The Hall–Kier alpha value is -1.10. The van der Waals surface area contributed by atoms with Gasteiger partial charge in [0, 0.05) is 20.1 Å². The highest BCUT2D eigenvalue weighted by molar-refractivity contribution is 5.86. The van der Waals surface area contributed by atoms with Gasteiger partial charge in [-0.2, -0.15) is 0 Å². The summed E-state index contributed by atoms with van der Waals surface area (Å²) in [7, 11) is 1.66. The number of hydrogen-bond acceptors (Lipinski definition) is 3. The Morgan fingerprint density at radius 2 is 2.16 bits per heavy atom. The van der Waals surface area contributed by atoms with Gasteiger partial charge >= 0.3 is 0 Å².